The highest BCUT2D eigenvalue weighted by atomic mass is 16.5. The zero-order valence-corrected chi connectivity index (χ0v) is 13.6. The summed E-state index contributed by atoms with van der Waals surface area (Å²) in [6.07, 6.45) is 4.94. The molecule has 126 valence electrons. The van der Waals surface area contributed by atoms with Gasteiger partial charge in [-0.1, -0.05) is 5.16 Å². The molecule has 0 aliphatic carbocycles. The second-order valence-corrected chi connectivity index (χ2v) is 5.99. The van der Waals surface area contributed by atoms with Gasteiger partial charge in [0.05, 0.1) is 6.54 Å². The molecule has 1 aliphatic heterocycles. The number of likely N-dealkylation sites (tertiary alicyclic amines) is 1. The van der Waals surface area contributed by atoms with Crippen LogP contribution in [-0.4, -0.2) is 49.9 Å². The van der Waals surface area contributed by atoms with E-state index in [4.69, 9.17) is 9.26 Å². The topological polar surface area (TPSA) is 89.4 Å². The van der Waals surface area contributed by atoms with E-state index in [1.807, 2.05) is 17.8 Å². The van der Waals surface area contributed by atoms with E-state index in [9.17, 15) is 5.11 Å². The smallest absolute Gasteiger partial charge is 0.252 e. The molecule has 0 bridgehead atoms. The second-order valence-electron chi connectivity index (χ2n) is 5.99. The van der Waals surface area contributed by atoms with Crippen LogP contribution in [0.1, 0.15) is 36.5 Å². The maximum Gasteiger partial charge on any atom is 0.252 e. The number of hydrogen-bond acceptors (Lipinski definition) is 7. The van der Waals surface area contributed by atoms with E-state index in [1.165, 1.54) is 0 Å². The van der Waals surface area contributed by atoms with Crippen molar-refractivity contribution in [3.8, 4) is 0 Å². The molecule has 1 N–H and O–H groups in total. The Hall–Kier alpha value is -1.77. The molecular weight excluding hydrogens is 298 g/mol. The molecule has 2 aromatic rings. The van der Waals surface area contributed by atoms with Crippen LogP contribution in [0.5, 0.6) is 0 Å². The third kappa shape index (κ3) is 3.77. The Morgan fingerprint density at radius 2 is 2.22 bits per heavy atom. The van der Waals surface area contributed by atoms with Gasteiger partial charge in [0.25, 0.3) is 5.89 Å². The third-order valence-electron chi connectivity index (χ3n) is 4.34. The summed E-state index contributed by atoms with van der Waals surface area (Å²) in [7, 11) is 3.51. The van der Waals surface area contributed by atoms with E-state index in [1.54, 1.807) is 13.3 Å². The van der Waals surface area contributed by atoms with Crippen molar-refractivity contribution in [2.75, 3.05) is 20.2 Å². The predicted octanol–water partition coefficient (Wildman–Crippen LogP) is 0.895. The molecule has 0 radical (unpaired) electrons. The number of imidazole rings is 1. The number of methoxy groups -OCH3 is 1. The predicted molar refractivity (Wildman–Crippen MR) is 81.2 cm³/mol. The lowest BCUT2D eigenvalue weighted by atomic mass is 9.90. The highest BCUT2D eigenvalue weighted by Crippen LogP contribution is 2.30. The van der Waals surface area contributed by atoms with Gasteiger partial charge >= 0.3 is 0 Å². The quantitative estimate of drug-likeness (QED) is 0.845. The molecule has 1 unspecified atom stereocenters. The number of piperidine rings is 1. The third-order valence-corrected chi connectivity index (χ3v) is 4.34. The van der Waals surface area contributed by atoms with E-state index in [0.717, 1.165) is 31.8 Å². The number of aliphatic hydroxyl groups excluding tert-OH is 1. The highest BCUT2D eigenvalue weighted by molar-refractivity contribution is 4.98. The monoisotopic (exact) mass is 321 g/mol. The van der Waals surface area contributed by atoms with Crippen LogP contribution >= 0.6 is 0 Å². The van der Waals surface area contributed by atoms with E-state index < -0.39 is 6.10 Å². The first-order valence-electron chi connectivity index (χ1n) is 7.85. The van der Waals surface area contributed by atoms with Crippen LogP contribution in [0.15, 0.2) is 16.9 Å². The minimum Gasteiger partial charge on any atom is -0.385 e. The molecule has 1 fully saturated rings. The molecule has 1 atom stereocenters. The highest BCUT2D eigenvalue weighted by Gasteiger charge is 2.28. The summed E-state index contributed by atoms with van der Waals surface area (Å²) in [6, 6.07) is 0. The standard InChI is InChI=1S/C15H23N5O3/c1-19-8-5-16-15(19)14(21)11-3-6-20(7-4-11)9-12-17-13(10-22-2)23-18-12/h5,8,11,14,21H,3-4,6-7,9-10H2,1-2H3. The first-order chi connectivity index (χ1) is 11.2. The SMILES string of the molecule is COCc1nc(CN2CCC(C(O)c3nccn3C)CC2)no1. The summed E-state index contributed by atoms with van der Waals surface area (Å²) in [6.45, 7) is 2.81. The molecule has 23 heavy (non-hydrogen) atoms. The first-order valence-corrected chi connectivity index (χ1v) is 7.85. The van der Waals surface area contributed by atoms with E-state index in [0.29, 0.717) is 24.9 Å². The maximum atomic E-state index is 10.5. The minimum atomic E-state index is -0.504. The van der Waals surface area contributed by atoms with Crippen LogP contribution < -0.4 is 0 Å². The fraction of sp³-hybridized carbons (Fsp3) is 0.667. The van der Waals surface area contributed by atoms with Gasteiger partial charge in [0, 0.05) is 26.6 Å². The zero-order valence-electron chi connectivity index (χ0n) is 13.6. The number of aromatic nitrogens is 4. The van der Waals surface area contributed by atoms with Gasteiger partial charge in [0.1, 0.15) is 18.5 Å². The number of ether oxygens (including phenoxy) is 1. The van der Waals surface area contributed by atoms with Gasteiger partial charge < -0.3 is 18.9 Å². The summed E-state index contributed by atoms with van der Waals surface area (Å²) in [5.74, 6) is 2.16. The lowest BCUT2D eigenvalue weighted by Gasteiger charge is -2.33. The Morgan fingerprint density at radius 1 is 1.43 bits per heavy atom. The minimum absolute atomic E-state index is 0.238. The largest absolute Gasteiger partial charge is 0.385 e. The number of aliphatic hydroxyl groups is 1. The molecule has 0 spiro atoms. The van der Waals surface area contributed by atoms with Crippen molar-refractivity contribution < 1.29 is 14.4 Å². The fourth-order valence-electron chi connectivity index (χ4n) is 3.04. The second kappa shape index (κ2) is 7.20. The Kier molecular flexibility index (Phi) is 5.04. The van der Waals surface area contributed by atoms with Crippen LogP contribution in [0.4, 0.5) is 0 Å². The van der Waals surface area contributed by atoms with Crippen LogP contribution in [0.2, 0.25) is 0 Å². The Bertz CT molecular complexity index is 618. The molecule has 0 saturated carbocycles. The van der Waals surface area contributed by atoms with Crippen molar-refractivity contribution in [3.05, 3.63) is 29.9 Å². The molecule has 1 aliphatic rings. The summed E-state index contributed by atoms with van der Waals surface area (Å²) < 4.78 is 12.0. The van der Waals surface area contributed by atoms with Crippen molar-refractivity contribution in [2.24, 2.45) is 13.0 Å². The summed E-state index contributed by atoms with van der Waals surface area (Å²) in [5.41, 5.74) is 0. The molecule has 8 heteroatoms. The molecule has 0 aromatic carbocycles. The maximum absolute atomic E-state index is 10.5. The molecule has 1 saturated heterocycles. The van der Waals surface area contributed by atoms with Gasteiger partial charge in [-0.2, -0.15) is 4.98 Å². The van der Waals surface area contributed by atoms with Gasteiger partial charge in [-0.05, 0) is 31.8 Å². The van der Waals surface area contributed by atoms with Crippen molar-refractivity contribution >= 4 is 0 Å². The zero-order chi connectivity index (χ0) is 16.2. The summed E-state index contributed by atoms with van der Waals surface area (Å²) >= 11 is 0. The number of rotatable bonds is 6. The van der Waals surface area contributed by atoms with Crippen molar-refractivity contribution in [2.45, 2.75) is 32.1 Å². The number of nitrogens with zero attached hydrogens (tertiary/aromatic N) is 5. The Morgan fingerprint density at radius 3 is 2.87 bits per heavy atom. The normalized spacial score (nSPS) is 18.4. The van der Waals surface area contributed by atoms with Crippen molar-refractivity contribution in [1.82, 2.24) is 24.6 Å². The molecule has 3 heterocycles. The van der Waals surface area contributed by atoms with Crippen LogP contribution in [0.3, 0.4) is 0 Å². The molecule has 2 aromatic heterocycles. The van der Waals surface area contributed by atoms with Crippen molar-refractivity contribution in [1.29, 1.82) is 0 Å². The lowest BCUT2D eigenvalue weighted by Crippen LogP contribution is -2.35. The van der Waals surface area contributed by atoms with Crippen LogP contribution in [0.25, 0.3) is 0 Å². The first kappa shape index (κ1) is 16.1. The Labute approximate surface area is 135 Å². The van der Waals surface area contributed by atoms with Gasteiger partial charge in [0.2, 0.25) is 0 Å². The Balaban J connectivity index is 1.51. The van der Waals surface area contributed by atoms with Gasteiger partial charge in [-0.3, -0.25) is 4.90 Å². The van der Waals surface area contributed by atoms with Gasteiger partial charge in [0.15, 0.2) is 5.82 Å². The number of hydrogen-bond donors (Lipinski definition) is 1. The van der Waals surface area contributed by atoms with E-state index in [2.05, 4.69) is 20.0 Å². The average Bonchev–Trinajstić information content (AvgIpc) is 3.17. The van der Waals surface area contributed by atoms with Crippen molar-refractivity contribution in [3.63, 3.8) is 0 Å². The van der Waals surface area contributed by atoms with Gasteiger partial charge in [-0.15, -0.1) is 0 Å². The molecule has 3 rings (SSSR count). The van der Waals surface area contributed by atoms with Crippen LogP contribution in [-0.2, 0) is 24.9 Å². The molecule has 0 amide bonds. The van der Waals surface area contributed by atoms with Gasteiger partial charge in [-0.25, -0.2) is 4.98 Å². The summed E-state index contributed by atoms with van der Waals surface area (Å²) in [4.78, 5) is 10.8. The fourth-order valence-corrected chi connectivity index (χ4v) is 3.04. The van der Waals surface area contributed by atoms with E-state index >= 15 is 0 Å². The molecule has 8 nitrogen and oxygen atoms in total. The number of aryl methyl sites for hydroxylation is 1. The average molecular weight is 321 g/mol. The lowest BCUT2D eigenvalue weighted by molar-refractivity contribution is 0.0484. The van der Waals surface area contributed by atoms with E-state index in [-0.39, 0.29) is 5.92 Å². The van der Waals surface area contributed by atoms with Crippen LogP contribution in [0, 0.1) is 5.92 Å². The molecular formula is C15H23N5O3. The summed E-state index contributed by atoms with van der Waals surface area (Å²) in [5, 5.41) is 14.5.